The van der Waals surface area contributed by atoms with Gasteiger partial charge >= 0.3 is 0 Å². The van der Waals surface area contributed by atoms with Crippen LogP contribution in [-0.2, 0) is 9.47 Å². The van der Waals surface area contributed by atoms with E-state index < -0.39 is 0 Å². The van der Waals surface area contributed by atoms with Crippen LogP contribution in [0.15, 0.2) is 24.3 Å². The lowest BCUT2D eigenvalue weighted by atomic mass is 10.1. The van der Waals surface area contributed by atoms with Gasteiger partial charge in [-0.2, -0.15) is 0 Å². The Balaban J connectivity index is 2.02. The van der Waals surface area contributed by atoms with Gasteiger partial charge in [0, 0.05) is 19.8 Å². The van der Waals surface area contributed by atoms with Gasteiger partial charge < -0.3 is 14.2 Å². The first kappa shape index (κ1) is 12.4. The van der Waals surface area contributed by atoms with Crippen LogP contribution in [0.2, 0.25) is 0 Å². The minimum atomic E-state index is -0.247. The second kappa shape index (κ2) is 5.49. The van der Waals surface area contributed by atoms with Gasteiger partial charge in [0.15, 0.2) is 6.29 Å². The summed E-state index contributed by atoms with van der Waals surface area (Å²) in [6, 6.07) is 8.39. The number of benzene rings is 1. The molecule has 4 nitrogen and oxygen atoms in total. The lowest BCUT2D eigenvalue weighted by molar-refractivity contribution is -0.121. The molecule has 0 aromatic heterocycles. The Morgan fingerprint density at radius 2 is 2.00 bits per heavy atom. The molecule has 17 heavy (non-hydrogen) atoms. The summed E-state index contributed by atoms with van der Waals surface area (Å²) >= 11 is 0. The number of nitrogens with one attached hydrogen (secondary N) is 1. The number of fused-ring (bicyclic) bond motifs is 1. The predicted molar refractivity (Wildman–Crippen MR) is 65.1 cm³/mol. The minimum Gasteiger partial charge on any atom is -0.491 e. The number of rotatable bonds is 5. The Bertz CT molecular complexity index is 365. The van der Waals surface area contributed by atoms with E-state index in [1.54, 1.807) is 14.2 Å². The fourth-order valence-electron chi connectivity index (χ4n) is 2.20. The molecule has 1 aromatic rings. The van der Waals surface area contributed by atoms with Crippen LogP contribution >= 0.6 is 0 Å². The summed E-state index contributed by atoms with van der Waals surface area (Å²) in [6.45, 7) is 2.70. The zero-order valence-electron chi connectivity index (χ0n) is 10.5. The first-order valence-corrected chi connectivity index (χ1v) is 5.79. The van der Waals surface area contributed by atoms with E-state index in [1.807, 2.05) is 25.1 Å². The highest BCUT2D eigenvalue weighted by molar-refractivity contribution is 5.39. The topological polar surface area (TPSA) is 39.7 Å². The van der Waals surface area contributed by atoms with Crippen LogP contribution < -0.4 is 10.1 Å². The van der Waals surface area contributed by atoms with Gasteiger partial charge in [-0.25, -0.2) is 0 Å². The molecule has 0 bridgehead atoms. The van der Waals surface area contributed by atoms with Crippen LogP contribution in [0.25, 0.3) is 0 Å². The van der Waals surface area contributed by atoms with E-state index in [4.69, 9.17) is 14.2 Å². The van der Waals surface area contributed by atoms with E-state index in [2.05, 4.69) is 11.4 Å². The van der Waals surface area contributed by atoms with Crippen molar-refractivity contribution in [1.29, 1.82) is 0 Å². The molecule has 2 rings (SSSR count). The molecule has 1 aromatic carbocycles. The van der Waals surface area contributed by atoms with Crippen LogP contribution in [0.5, 0.6) is 5.75 Å². The Kier molecular flexibility index (Phi) is 3.99. The monoisotopic (exact) mass is 237 g/mol. The quantitative estimate of drug-likeness (QED) is 0.791. The average molecular weight is 237 g/mol. The van der Waals surface area contributed by atoms with Crippen LogP contribution in [-0.4, -0.2) is 33.2 Å². The predicted octanol–water partition coefficient (Wildman–Crippen LogP) is 1.72. The molecule has 1 aliphatic rings. The molecule has 94 valence electrons. The van der Waals surface area contributed by atoms with Gasteiger partial charge in [-0.15, -0.1) is 0 Å². The van der Waals surface area contributed by atoms with Crippen molar-refractivity contribution >= 4 is 0 Å². The molecule has 0 fully saturated rings. The second-order valence-electron chi connectivity index (χ2n) is 4.20. The zero-order valence-corrected chi connectivity index (χ0v) is 10.5. The first-order chi connectivity index (χ1) is 8.26. The van der Waals surface area contributed by atoms with Crippen LogP contribution in [0.3, 0.4) is 0 Å². The summed E-state index contributed by atoms with van der Waals surface area (Å²) in [4.78, 5) is 0. The Hall–Kier alpha value is -1.10. The number of methoxy groups -OCH3 is 2. The van der Waals surface area contributed by atoms with E-state index in [-0.39, 0.29) is 18.4 Å². The maximum Gasteiger partial charge on any atom is 0.171 e. The highest BCUT2D eigenvalue weighted by Gasteiger charge is 2.27. The highest BCUT2D eigenvalue weighted by atomic mass is 16.7. The molecule has 1 N–H and O–H groups in total. The lowest BCUT2D eigenvalue weighted by Gasteiger charge is -2.25. The summed E-state index contributed by atoms with van der Waals surface area (Å²) < 4.78 is 16.1. The Labute approximate surface area is 102 Å². The van der Waals surface area contributed by atoms with Gasteiger partial charge in [0.1, 0.15) is 12.4 Å². The smallest absolute Gasteiger partial charge is 0.171 e. The van der Waals surface area contributed by atoms with Gasteiger partial charge in [0.2, 0.25) is 0 Å². The minimum absolute atomic E-state index is 0.102. The average Bonchev–Trinajstić information content (AvgIpc) is 2.74. The Morgan fingerprint density at radius 3 is 2.71 bits per heavy atom. The fourth-order valence-corrected chi connectivity index (χ4v) is 2.20. The summed E-state index contributed by atoms with van der Waals surface area (Å²) in [7, 11) is 3.29. The SMILES string of the molecule is COC(OC)C(C)NC1COc2ccccc21. The number of para-hydroxylation sites is 1. The molecule has 0 aliphatic carbocycles. The summed E-state index contributed by atoms with van der Waals surface area (Å²) in [5.41, 5.74) is 1.20. The van der Waals surface area contributed by atoms with Crippen molar-refractivity contribution in [2.24, 2.45) is 0 Å². The molecule has 2 unspecified atom stereocenters. The largest absolute Gasteiger partial charge is 0.491 e. The molecule has 2 atom stereocenters. The van der Waals surface area contributed by atoms with Crippen molar-refractivity contribution in [3.63, 3.8) is 0 Å². The van der Waals surface area contributed by atoms with Crippen molar-refractivity contribution in [2.45, 2.75) is 25.3 Å². The number of hydrogen-bond acceptors (Lipinski definition) is 4. The van der Waals surface area contributed by atoms with E-state index in [0.29, 0.717) is 6.61 Å². The first-order valence-electron chi connectivity index (χ1n) is 5.79. The van der Waals surface area contributed by atoms with Crippen LogP contribution in [0, 0.1) is 0 Å². The fraction of sp³-hybridized carbons (Fsp3) is 0.538. The number of hydrogen-bond donors (Lipinski definition) is 1. The van der Waals surface area contributed by atoms with E-state index in [0.717, 1.165) is 5.75 Å². The molecule has 4 heteroatoms. The summed E-state index contributed by atoms with van der Waals surface area (Å²) in [6.07, 6.45) is -0.247. The second-order valence-corrected chi connectivity index (χ2v) is 4.20. The molecule has 0 amide bonds. The lowest BCUT2D eigenvalue weighted by Crippen LogP contribution is -2.42. The normalized spacial score (nSPS) is 20.1. The molecular formula is C13H19NO3. The van der Waals surface area contributed by atoms with E-state index in [1.165, 1.54) is 5.56 Å². The Morgan fingerprint density at radius 1 is 1.29 bits per heavy atom. The van der Waals surface area contributed by atoms with Crippen LogP contribution in [0.4, 0.5) is 0 Å². The highest BCUT2D eigenvalue weighted by Crippen LogP contribution is 2.32. The van der Waals surface area contributed by atoms with Crippen molar-refractivity contribution in [3.8, 4) is 5.75 Å². The standard InChI is InChI=1S/C13H19NO3/c1-9(13(15-2)16-3)14-11-8-17-12-7-5-4-6-10(11)12/h4-7,9,11,13-14H,8H2,1-3H3. The molecule has 0 saturated carbocycles. The maximum atomic E-state index is 5.61. The zero-order chi connectivity index (χ0) is 12.3. The molecule has 1 heterocycles. The maximum absolute atomic E-state index is 5.61. The van der Waals surface area contributed by atoms with Crippen molar-refractivity contribution < 1.29 is 14.2 Å². The third kappa shape index (κ3) is 2.60. The van der Waals surface area contributed by atoms with Gasteiger partial charge in [0.05, 0.1) is 12.1 Å². The molecule has 0 spiro atoms. The third-order valence-electron chi connectivity index (χ3n) is 3.04. The summed E-state index contributed by atoms with van der Waals surface area (Å²) in [5.74, 6) is 0.962. The van der Waals surface area contributed by atoms with Gasteiger partial charge in [0.25, 0.3) is 0 Å². The number of ether oxygens (including phenoxy) is 3. The van der Waals surface area contributed by atoms with Crippen molar-refractivity contribution in [2.75, 3.05) is 20.8 Å². The third-order valence-corrected chi connectivity index (χ3v) is 3.04. The van der Waals surface area contributed by atoms with Gasteiger partial charge in [-0.05, 0) is 13.0 Å². The molecular weight excluding hydrogens is 218 g/mol. The summed E-state index contributed by atoms with van der Waals surface area (Å²) in [5, 5.41) is 3.46. The van der Waals surface area contributed by atoms with Crippen molar-refractivity contribution in [1.82, 2.24) is 5.32 Å². The molecule has 1 aliphatic heterocycles. The molecule has 0 radical (unpaired) electrons. The van der Waals surface area contributed by atoms with Crippen LogP contribution in [0.1, 0.15) is 18.5 Å². The van der Waals surface area contributed by atoms with E-state index in [9.17, 15) is 0 Å². The molecule has 0 saturated heterocycles. The van der Waals surface area contributed by atoms with Gasteiger partial charge in [-0.1, -0.05) is 18.2 Å². The van der Waals surface area contributed by atoms with Gasteiger partial charge in [-0.3, -0.25) is 5.32 Å². The van der Waals surface area contributed by atoms with Crippen molar-refractivity contribution in [3.05, 3.63) is 29.8 Å². The van der Waals surface area contributed by atoms with E-state index >= 15 is 0 Å².